The number of Topliss-reactive ketones (excluding diaryl/α,β-unsaturated/α-hetero) is 1. The van der Waals surface area contributed by atoms with Crippen molar-refractivity contribution in [3.63, 3.8) is 0 Å². The van der Waals surface area contributed by atoms with Crippen LogP contribution in [0.5, 0.6) is 0 Å². The zero-order valence-corrected chi connectivity index (χ0v) is 14.8. The van der Waals surface area contributed by atoms with Gasteiger partial charge in [0.25, 0.3) is 0 Å². The molecule has 1 atom stereocenters. The molecule has 2 aromatic carbocycles. The predicted molar refractivity (Wildman–Crippen MR) is 93.2 cm³/mol. The van der Waals surface area contributed by atoms with E-state index in [-0.39, 0.29) is 15.0 Å². The van der Waals surface area contributed by atoms with Crippen LogP contribution in [0.2, 0.25) is 0 Å². The zero-order chi connectivity index (χ0) is 16.6. The van der Waals surface area contributed by atoms with Crippen molar-refractivity contribution < 1.29 is 9.59 Å². The van der Waals surface area contributed by atoms with Crippen molar-refractivity contribution in [2.75, 3.05) is 11.9 Å². The number of hydrogen-bond acceptors (Lipinski definition) is 2. The Morgan fingerprint density at radius 2 is 1.65 bits per heavy atom. The van der Waals surface area contributed by atoms with Gasteiger partial charge in [0, 0.05) is 0 Å². The summed E-state index contributed by atoms with van der Waals surface area (Å²) in [6.07, 6.45) is 0. The average molecular weight is 370 g/mol. The first-order valence-corrected chi connectivity index (χ1v) is 9.02. The Morgan fingerprint density at radius 1 is 1.04 bits per heavy atom. The Kier molecular flexibility index (Phi) is 3.97. The van der Waals surface area contributed by atoms with Gasteiger partial charge in [-0.2, -0.15) is 0 Å². The molecule has 2 aromatic rings. The van der Waals surface area contributed by atoms with Crippen LogP contribution in [0.1, 0.15) is 12.5 Å². The van der Waals surface area contributed by atoms with E-state index >= 15 is 0 Å². The van der Waals surface area contributed by atoms with E-state index in [0.717, 1.165) is 20.2 Å². The maximum absolute atomic E-state index is 12.8. The molecule has 0 saturated heterocycles. The molecule has 0 spiro atoms. The molecule has 0 aliphatic carbocycles. The molecule has 0 radical (unpaired) electrons. The molecule has 1 amide bonds. The van der Waals surface area contributed by atoms with Gasteiger partial charge in [0.2, 0.25) is 0 Å². The molecule has 3 nitrogen and oxygen atoms in total. The van der Waals surface area contributed by atoms with Crippen LogP contribution in [0.15, 0.2) is 65.6 Å². The van der Waals surface area contributed by atoms with Crippen LogP contribution in [0.4, 0.5) is 5.69 Å². The number of fused-ring (bicyclic) bond motifs is 1. The SMILES string of the molecule is C=C([Se]c1ccccc1)[C@@]1(C)C(=O)C(=O)N(C)c2ccccc21. The molecule has 1 aliphatic heterocycles. The van der Waals surface area contributed by atoms with Crippen LogP contribution in [-0.4, -0.2) is 33.7 Å². The summed E-state index contributed by atoms with van der Waals surface area (Å²) < 4.78 is 1.94. The van der Waals surface area contributed by atoms with Gasteiger partial charge in [0.05, 0.1) is 0 Å². The molecule has 0 aromatic heterocycles. The summed E-state index contributed by atoms with van der Waals surface area (Å²) in [7, 11) is 1.64. The number of hydrogen-bond donors (Lipinski definition) is 0. The molecule has 0 saturated carbocycles. The second-order valence-corrected chi connectivity index (χ2v) is 8.12. The molecular weight excluding hydrogens is 353 g/mol. The zero-order valence-electron chi connectivity index (χ0n) is 13.1. The standard InChI is InChI=1S/C19H17NO2Se/c1-13(23-14-9-5-4-6-10-14)19(2)15-11-7-8-12-16(15)20(3)18(22)17(19)21/h4-12H,1H2,2-3H3/t19-/m1/s1. The Hall–Kier alpha value is -2.16. The summed E-state index contributed by atoms with van der Waals surface area (Å²) in [6.45, 7) is 6.02. The minimum absolute atomic E-state index is 0.0883. The number of benzene rings is 2. The fourth-order valence-corrected chi connectivity index (χ4v) is 4.86. The van der Waals surface area contributed by atoms with Crippen molar-refractivity contribution in [2.24, 2.45) is 0 Å². The van der Waals surface area contributed by atoms with Gasteiger partial charge in [-0.05, 0) is 0 Å². The van der Waals surface area contributed by atoms with Crippen molar-refractivity contribution in [3.05, 3.63) is 71.2 Å². The molecule has 3 rings (SSSR count). The van der Waals surface area contributed by atoms with E-state index in [0.29, 0.717) is 0 Å². The molecule has 4 heteroatoms. The quantitative estimate of drug-likeness (QED) is 0.613. The van der Waals surface area contributed by atoms with E-state index in [1.807, 2.05) is 61.5 Å². The second kappa shape index (κ2) is 5.80. The summed E-state index contributed by atoms with van der Waals surface area (Å²) >= 11 is -0.0883. The number of anilines is 1. The first kappa shape index (κ1) is 15.7. The molecule has 0 N–H and O–H groups in total. The van der Waals surface area contributed by atoms with E-state index in [1.54, 1.807) is 7.05 Å². The maximum atomic E-state index is 12.8. The van der Waals surface area contributed by atoms with E-state index < -0.39 is 17.1 Å². The van der Waals surface area contributed by atoms with Crippen LogP contribution >= 0.6 is 0 Å². The fraction of sp³-hybridized carbons (Fsp3) is 0.158. The number of likely N-dealkylation sites (N-methyl/N-ethyl adjacent to an activating group) is 1. The third-order valence-electron chi connectivity index (χ3n) is 4.30. The summed E-state index contributed by atoms with van der Waals surface area (Å²) in [5.41, 5.74) is 0.676. The number of rotatable bonds is 3. The molecule has 116 valence electrons. The van der Waals surface area contributed by atoms with Crippen LogP contribution < -0.4 is 9.36 Å². The van der Waals surface area contributed by atoms with Crippen molar-refractivity contribution >= 4 is 36.8 Å². The number of ketones is 1. The molecule has 0 bridgehead atoms. The van der Waals surface area contributed by atoms with Gasteiger partial charge >= 0.3 is 142 Å². The van der Waals surface area contributed by atoms with Gasteiger partial charge in [-0.3, -0.25) is 0 Å². The van der Waals surface area contributed by atoms with Crippen molar-refractivity contribution in [1.29, 1.82) is 0 Å². The number of nitrogens with zero attached hydrogens (tertiary/aromatic N) is 1. The third-order valence-corrected chi connectivity index (χ3v) is 6.74. The Balaban J connectivity index is 2.08. The summed E-state index contributed by atoms with van der Waals surface area (Å²) in [4.78, 5) is 26.6. The molecule has 0 unspecified atom stereocenters. The summed E-state index contributed by atoms with van der Waals surface area (Å²) in [5, 5.41) is 0. The fourth-order valence-electron chi connectivity index (χ4n) is 2.80. The average Bonchev–Trinajstić information content (AvgIpc) is 2.59. The van der Waals surface area contributed by atoms with Crippen LogP contribution in [0.3, 0.4) is 0 Å². The molecule has 23 heavy (non-hydrogen) atoms. The van der Waals surface area contributed by atoms with E-state index in [1.165, 1.54) is 4.90 Å². The van der Waals surface area contributed by atoms with Gasteiger partial charge in [0.1, 0.15) is 0 Å². The Morgan fingerprint density at radius 3 is 2.35 bits per heavy atom. The first-order chi connectivity index (χ1) is 11.0. The Bertz CT molecular complexity index is 800. The predicted octanol–water partition coefficient (Wildman–Crippen LogP) is 2.03. The van der Waals surface area contributed by atoms with Crippen LogP contribution in [0, 0.1) is 0 Å². The van der Waals surface area contributed by atoms with Gasteiger partial charge in [-0.1, -0.05) is 0 Å². The van der Waals surface area contributed by atoms with Gasteiger partial charge in [-0.25, -0.2) is 0 Å². The first-order valence-electron chi connectivity index (χ1n) is 7.30. The third kappa shape index (κ3) is 2.44. The van der Waals surface area contributed by atoms with Crippen LogP contribution in [0.25, 0.3) is 0 Å². The van der Waals surface area contributed by atoms with Gasteiger partial charge in [-0.15, -0.1) is 0 Å². The Labute approximate surface area is 142 Å². The number of allylic oxidation sites excluding steroid dienone is 1. The monoisotopic (exact) mass is 371 g/mol. The molecule has 1 aliphatic rings. The normalized spacial score (nSPS) is 20.3. The summed E-state index contributed by atoms with van der Waals surface area (Å²) in [6, 6.07) is 17.5. The van der Waals surface area contributed by atoms with Crippen molar-refractivity contribution in [1.82, 2.24) is 0 Å². The number of carbonyl (C=O) groups is 2. The number of para-hydroxylation sites is 1. The second-order valence-electron chi connectivity index (χ2n) is 5.67. The molecular formula is C19H17NO2Se. The molecule has 1 heterocycles. The van der Waals surface area contributed by atoms with E-state index in [4.69, 9.17) is 0 Å². The van der Waals surface area contributed by atoms with Crippen molar-refractivity contribution in [3.8, 4) is 0 Å². The van der Waals surface area contributed by atoms with Gasteiger partial charge < -0.3 is 0 Å². The van der Waals surface area contributed by atoms with E-state index in [2.05, 4.69) is 6.58 Å². The topological polar surface area (TPSA) is 37.4 Å². The number of carbonyl (C=O) groups excluding carboxylic acids is 2. The van der Waals surface area contributed by atoms with Crippen LogP contribution in [-0.2, 0) is 15.0 Å². The number of amides is 1. The van der Waals surface area contributed by atoms with Gasteiger partial charge in [0.15, 0.2) is 0 Å². The minimum atomic E-state index is -0.962. The molecule has 0 fully saturated rings. The summed E-state index contributed by atoms with van der Waals surface area (Å²) in [5.74, 6) is -0.877. The van der Waals surface area contributed by atoms with Crippen molar-refractivity contribution in [2.45, 2.75) is 12.3 Å². The van der Waals surface area contributed by atoms with E-state index in [9.17, 15) is 9.59 Å².